The van der Waals surface area contributed by atoms with Gasteiger partial charge in [0.1, 0.15) is 0 Å². The summed E-state index contributed by atoms with van der Waals surface area (Å²) in [5, 5.41) is 3.10. The van der Waals surface area contributed by atoms with Crippen molar-refractivity contribution in [2.75, 3.05) is 49.6 Å². The molecule has 1 atom stereocenters. The van der Waals surface area contributed by atoms with Crippen molar-refractivity contribution in [2.45, 2.75) is 39.7 Å². The zero-order valence-corrected chi connectivity index (χ0v) is 15.8. The molecule has 1 aromatic rings. The van der Waals surface area contributed by atoms with Gasteiger partial charge in [-0.2, -0.15) is 0 Å². The van der Waals surface area contributed by atoms with Crippen molar-refractivity contribution in [1.82, 2.24) is 4.90 Å². The van der Waals surface area contributed by atoms with Gasteiger partial charge in [-0.3, -0.25) is 9.69 Å². The molecule has 0 saturated carbocycles. The maximum Gasteiger partial charge on any atom is 0.229 e. The van der Waals surface area contributed by atoms with Crippen LogP contribution in [0.2, 0.25) is 0 Å². The van der Waals surface area contributed by atoms with Gasteiger partial charge in [0.25, 0.3) is 0 Å². The summed E-state index contributed by atoms with van der Waals surface area (Å²) < 4.78 is 5.44. The highest BCUT2D eigenvalue weighted by atomic mass is 16.5. The molecule has 1 N–H and O–H groups in total. The van der Waals surface area contributed by atoms with E-state index in [1.54, 1.807) is 0 Å². The van der Waals surface area contributed by atoms with E-state index in [-0.39, 0.29) is 11.8 Å². The second-order valence-electron chi connectivity index (χ2n) is 7.58. The third kappa shape index (κ3) is 4.73. The standard InChI is InChI=1S/C20H31N3O2/c1-15(2)22-6-8-23(9-7-22)19-12-16(3)11-18(13-19)21-20(24)17-5-4-10-25-14-17/h11-13,15,17H,4-10,14H2,1-3H3,(H,21,24). The number of nitrogens with one attached hydrogen (secondary N) is 1. The Kier molecular flexibility index (Phi) is 5.97. The summed E-state index contributed by atoms with van der Waals surface area (Å²) >= 11 is 0. The van der Waals surface area contributed by atoms with Gasteiger partial charge in [0.2, 0.25) is 5.91 Å². The lowest BCUT2D eigenvalue weighted by Gasteiger charge is -2.38. The molecule has 0 spiro atoms. The Labute approximate surface area is 151 Å². The van der Waals surface area contributed by atoms with E-state index >= 15 is 0 Å². The molecule has 0 aromatic heterocycles. The Morgan fingerprint density at radius 2 is 1.96 bits per heavy atom. The van der Waals surface area contributed by atoms with E-state index in [1.165, 1.54) is 11.3 Å². The molecular formula is C20H31N3O2. The van der Waals surface area contributed by atoms with Crippen molar-refractivity contribution in [3.8, 4) is 0 Å². The quantitative estimate of drug-likeness (QED) is 0.911. The first-order chi connectivity index (χ1) is 12.0. The summed E-state index contributed by atoms with van der Waals surface area (Å²) in [6.07, 6.45) is 1.89. The summed E-state index contributed by atoms with van der Waals surface area (Å²) in [6, 6.07) is 6.98. The van der Waals surface area contributed by atoms with Crippen LogP contribution < -0.4 is 10.2 Å². The Hall–Kier alpha value is -1.59. The van der Waals surface area contributed by atoms with Gasteiger partial charge in [-0.25, -0.2) is 0 Å². The number of amides is 1. The maximum absolute atomic E-state index is 12.5. The number of rotatable bonds is 4. The molecule has 0 bridgehead atoms. The van der Waals surface area contributed by atoms with Crippen LogP contribution in [0.5, 0.6) is 0 Å². The van der Waals surface area contributed by atoms with Crippen LogP contribution in [0.4, 0.5) is 11.4 Å². The fourth-order valence-corrected chi connectivity index (χ4v) is 3.71. The largest absolute Gasteiger partial charge is 0.381 e. The van der Waals surface area contributed by atoms with Gasteiger partial charge >= 0.3 is 0 Å². The number of hydrogen-bond donors (Lipinski definition) is 1. The van der Waals surface area contributed by atoms with Gasteiger partial charge in [0.15, 0.2) is 0 Å². The lowest BCUT2D eigenvalue weighted by Crippen LogP contribution is -2.48. The highest BCUT2D eigenvalue weighted by Crippen LogP contribution is 2.25. The molecule has 2 saturated heterocycles. The third-order valence-electron chi connectivity index (χ3n) is 5.27. The number of anilines is 2. The van der Waals surface area contributed by atoms with Crippen LogP contribution in [-0.2, 0) is 9.53 Å². The molecule has 5 heteroatoms. The minimum Gasteiger partial charge on any atom is -0.381 e. The predicted octanol–water partition coefficient (Wildman–Crippen LogP) is 2.89. The minimum absolute atomic E-state index is 0.0210. The van der Waals surface area contributed by atoms with Crippen LogP contribution in [0.15, 0.2) is 18.2 Å². The average Bonchev–Trinajstić information content (AvgIpc) is 2.62. The molecule has 25 heavy (non-hydrogen) atoms. The number of aryl methyl sites for hydroxylation is 1. The molecule has 3 rings (SSSR count). The average molecular weight is 345 g/mol. The van der Waals surface area contributed by atoms with E-state index in [0.717, 1.165) is 51.3 Å². The number of hydrogen-bond acceptors (Lipinski definition) is 4. The van der Waals surface area contributed by atoms with Gasteiger partial charge in [-0.1, -0.05) is 0 Å². The SMILES string of the molecule is Cc1cc(NC(=O)C2CCCOC2)cc(N2CCN(C(C)C)CC2)c1. The third-order valence-corrected chi connectivity index (χ3v) is 5.27. The van der Waals surface area contributed by atoms with Crippen molar-refractivity contribution in [3.63, 3.8) is 0 Å². The fourth-order valence-electron chi connectivity index (χ4n) is 3.71. The molecule has 1 unspecified atom stereocenters. The summed E-state index contributed by atoms with van der Waals surface area (Å²) in [5.74, 6) is 0.0631. The molecule has 138 valence electrons. The lowest BCUT2D eigenvalue weighted by molar-refractivity contribution is -0.123. The molecule has 1 amide bonds. The van der Waals surface area contributed by atoms with E-state index in [0.29, 0.717) is 12.6 Å². The van der Waals surface area contributed by atoms with E-state index in [9.17, 15) is 4.79 Å². The molecular weight excluding hydrogens is 314 g/mol. The van der Waals surface area contributed by atoms with Crippen LogP contribution in [0.3, 0.4) is 0 Å². The van der Waals surface area contributed by atoms with Crippen molar-refractivity contribution in [1.29, 1.82) is 0 Å². The fraction of sp³-hybridized carbons (Fsp3) is 0.650. The number of carbonyl (C=O) groups excluding carboxylic acids is 1. The zero-order valence-electron chi connectivity index (χ0n) is 15.8. The summed E-state index contributed by atoms with van der Waals surface area (Å²) in [4.78, 5) is 17.4. The Morgan fingerprint density at radius 3 is 2.60 bits per heavy atom. The Morgan fingerprint density at radius 1 is 1.20 bits per heavy atom. The van der Waals surface area contributed by atoms with Crippen molar-refractivity contribution >= 4 is 17.3 Å². The van der Waals surface area contributed by atoms with Crippen molar-refractivity contribution in [3.05, 3.63) is 23.8 Å². The Bertz CT molecular complexity index is 589. The first-order valence-electron chi connectivity index (χ1n) is 9.52. The molecule has 0 aliphatic carbocycles. The van der Waals surface area contributed by atoms with Gasteiger partial charge in [-0.05, 0) is 57.4 Å². The number of nitrogens with zero attached hydrogens (tertiary/aromatic N) is 2. The number of piperazine rings is 1. The monoisotopic (exact) mass is 345 g/mol. The van der Waals surface area contributed by atoms with Crippen LogP contribution in [0, 0.1) is 12.8 Å². The zero-order chi connectivity index (χ0) is 17.8. The smallest absolute Gasteiger partial charge is 0.229 e. The van der Waals surface area contributed by atoms with Crippen LogP contribution in [0.25, 0.3) is 0 Å². The van der Waals surface area contributed by atoms with Gasteiger partial charge < -0.3 is 15.0 Å². The van der Waals surface area contributed by atoms with Gasteiger partial charge in [0, 0.05) is 50.2 Å². The molecule has 2 heterocycles. The highest BCUT2D eigenvalue weighted by molar-refractivity contribution is 5.93. The summed E-state index contributed by atoms with van der Waals surface area (Å²) in [7, 11) is 0. The molecule has 2 fully saturated rings. The number of benzene rings is 1. The number of carbonyl (C=O) groups is 1. The second kappa shape index (κ2) is 8.19. The van der Waals surface area contributed by atoms with E-state index in [1.807, 2.05) is 0 Å². The molecule has 2 aliphatic rings. The van der Waals surface area contributed by atoms with Crippen LogP contribution in [-0.4, -0.2) is 56.2 Å². The molecule has 0 radical (unpaired) electrons. The predicted molar refractivity (Wildman–Crippen MR) is 102 cm³/mol. The van der Waals surface area contributed by atoms with Gasteiger partial charge in [-0.15, -0.1) is 0 Å². The second-order valence-corrected chi connectivity index (χ2v) is 7.58. The van der Waals surface area contributed by atoms with Crippen LogP contribution in [0.1, 0.15) is 32.3 Å². The lowest BCUT2D eigenvalue weighted by atomic mass is 10.0. The van der Waals surface area contributed by atoms with E-state index in [4.69, 9.17) is 4.74 Å². The molecule has 5 nitrogen and oxygen atoms in total. The van der Waals surface area contributed by atoms with E-state index < -0.39 is 0 Å². The minimum atomic E-state index is -0.0210. The Balaban J connectivity index is 1.65. The topological polar surface area (TPSA) is 44.8 Å². The number of ether oxygens (including phenoxy) is 1. The van der Waals surface area contributed by atoms with E-state index in [2.05, 4.69) is 54.1 Å². The summed E-state index contributed by atoms with van der Waals surface area (Å²) in [5.41, 5.74) is 3.29. The molecule has 1 aromatic carbocycles. The first-order valence-corrected chi connectivity index (χ1v) is 9.52. The highest BCUT2D eigenvalue weighted by Gasteiger charge is 2.23. The van der Waals surface area contributed by atoms with Crippen molar-refractivity contribution in [2.24, 2.45) is 5.92 Å². The molecule has 2 aliphatic heterocycles. The van der Waals surface area contributed by atoms with Gasteiger partial charge in [0.05, 0.1) is 12.5 Å². The maximum atomic E-state index is 12.5. The summed E-state index contributed by atoms with van der Waals surface area (Å²) in [6.45, 7) is 12.2. The van der Waals surface area contributed by atoms with Crippen molar-refractivity contribution < 1.29 is 9.53 Å². The van der Waals surface area contributed by atoms with Crippen LogP contribution >= 0.6 is 0 Å². The first kappa shape index (κ1) is 18.2. The normalized spacial score (nSPS) is 22.2.